The predicted octanol–water partition coefficient (Wildman–Crippen LogP) is 3.11. The molecule has 0 radical (unpaired) electrons. The summed E-state index contributed by atoms with van der Waals surface area (Å²) < 4.78 is 38.0. The molecule has 1 aliphatic heterocycles. The van der Waals surface area contributed by atoms with Gasteiger partial charge in [0.05, 0.1) is 11.2 Å². The minimum atomic E-state index is -3.53. The van der Waals surface area contributed by atoms with Crippen LogP contribution in [0.1, 0.15) is 43.1 Å². The summed E-state index contributed by atoms with van der Waals surface area (Å²) >= 11 is 0. The Morgan fingerprint density at radius 1 is 1.19 bits per heavy atom. The van der Waals surface area contributed by atoms with Crippen molar-refractivity contribution >= 4 is 15.9 Å². The molecule has 170 valence electrons. The first-order valence-corrected chi connectivity index (χ1v) is 12.0. The van der Waals surface area contributed by atoms with Crippen molar-refractivity contribution < 1.29 is 22.0 Å². The van der Waals surface area contributed by atoms with Gasteiger partial charge >= 0.3 is 11.8 Å². The third-order valence-electron chi connectivity index (χ3n) is 5.57. The van der Waals surface area contributed by atoms with Crippen LogP contribution in [0.3, 0.4) is 0 Å². The van der Waals surface area contributed by atoms with Crippen molar-refractivity contribution in [3.05, 3.63) is 54.3 Å². The quantitative estimate of drug-likeness (QED) is 0.578. The number of piperidine rings is 1. The number of carbonyl (C=O) groups excluding carboxylic acids is 1. The average molecular weight is 459 g/mol. The molecule has 1 N–H and O–H groups in total. The molecule has 1 atom stereocenters. The molecule has 1 saturated heterocycles. The van der Waals surface area contributed by atoms with Gasteiger partial charge < -0.3 is 14.2 Å². The fourth-order valence-corrected chi connectivity index (χ4v) is 5.11. The summed E-state index contributed by atoms with van der Waals surface area (Å²) in [6, 6.07) is 9.70. The van der Waals surface area contributed by atoms with Gasteiger partial charge in [0.1, 0.15) is 5.76 Å². The third-order valence-corrected chi connectivity index (χ3v) is 7.48. The normalized spacial score (nSPS) is 16.7. The van der Waals surface area contributed by atoms with Crippen LogP contribution in [0.4, 0.5) is 0 Å². The van der Waals surface area contributed by atoms with Crippen molar-refractivity contribution in [2.24, 2.45) is 5.92 Å². The van der Waals surface area contributed by atoms with Crippen LogP contribution >= 0.6 is 0 Å². The van der Waals surface area contributed by atoms with Gasteiger partial charge in [-0.15, -0.1) is 10.2 Å². The Hall–Kier alpha value is -2.98. The highest BCUT2D eigenvalue weighted by atomic mass is 32.2. The molecule has 9 nitrogen and oxygen atoms in total. The average Bonchev–Trinajstić information content (AvgIpc) is 3.46. The first-order valence-electron chi connectivity index (χ1n) is 10.6. The van der Waals surface area contributed by atoms with Crippen molar-refractivity contribution in [2.75, 3.05) is 13.1 Å². The first kappa shape index (κ1) is 22.2. The number of nitrogens with zero attached hydrogens (tertiary/aromatic N) is 3. The highest BCUT2D eigenvalue weighted by Gasteiger charge is 2.28. The zero-order chi connectivity index (χ0) is 22.7. The minimum absolute atomic E-state index is 0.143. The molecule has 1 aliphatic rings. The summed E-state index contributed by atoms with van der Waals surface area (Å²) in [5.74, 6) is 0.801. The van der Waals surface area contributed by atoms with Gasteiger partial charge in [0.25, 0.3) is 0 Å². The number of aromatic nitrogens is 2. The lowest BCUT2D eigenvalue weighted by molar-refractivity contribution is 0.0905. The third kappa shape index (κ3) is 4.91. The molecule has 1 amide bonds. The lowest BCUT2D eigenvalue weighted by Crippen LogP contribution is -2.37. The van der Waals surface area contributed by atoms with E-state index in [2.05, 4.69) is 22.4 Å². The van der Waals surface area contributed by atoms with E-state index >= 15 is 0 Å². The summed E-state index contributed by atoms with van der Waals surface area (Å²) in [4.78, 5) is 12.6. The molecular formula is C22H26N4O5S. The topological polar surface area (TPSA) is 119 Å². The number of benzene rings is 1. The van der Waals surface area contributed by atoms with Gasteiger partial charge in [-0.25, -0.2) is 8.42 Å². The highest BCUT2D eigenvalue weighted by Crippen LogP contribution is 2.25. The second-order valence-corrected chi connectivity index (χ2v) is 10.1. The van der Waals surface area contributed by atoms with Crippen LogP contribution in [0.15, 0.2) is 56.4 Å². The van der Waals surface area contributed by atoms with E-state index in [9.17, 15) is 13.2 Å². The molecule has 10 heteroatoms. The maximum Gasteiger partial charge on any atom is 0.309 e. The molecule has 1 unspecified atom stereocenters. The van der Waals surface area contributed by atoms with E-state index in [4.69, 9.17) is 8.83 Å². The molecule has 4 rings (SSSR count). The highest BCUT2D eigenvalue weighted by molar-refractivity contribution is 7.89. The maximum atomic E-state index is 12.9. The molecule has 0 aliphatic carbocycles. The van der Waals surface area contributed by atoms with Crippen molar-refractivity contribution in [3.63, 3.8) is 0 Å². The van der Waals surface area contributed by atoms with E-state index in [-0.39, 0.29) is 22.7 Å². The molecule has 1 fully saturated rings. The van der Waals surface area contributed by atoms with Crippen molar-refractivity contribution in [1.29, 1.82) is 0 Å². The Kier molecular flexibility index (Phi) is 6.43. The van der Waals surface area contributed by atoms with Crippen molar-refractivity contribution in [3.8, 4) is 11.5 Å². The first-order chi connectivity index (χ1) is 15.3. The molecular weight excluding hydrogens is 432 g/mol. The van der Waals surface area contributed by atoms with E-state index in [0.29, 0.717) is 31.0 Å². The van der Waals surface area contributed by atoms with Crippen LogP contribution in [0, 0.1) is 5.92 Å². The smallest absolute Gasteiger partial charge is 0.309 e. The summed E-state index contributed by atoms with van der Waals surface area (Å²) in [6.07, 6.45) is 3.85. The number of hydrogen-bond donors (Lipinski definition) is 1. The molecule has 3 aromatic rings. The van der Waals surface area contributed by atoms with Gasteiger partial charge in [-0.1, -0.05) is 6.92 Å². The largest absolute Gasteiger partial charge is 0.469 e. The summed E-state index contributed by atoms with van der Waals surface area (Å²) in [5, 5.41) is 10.5. The van der Waals surface area contributed by atoms with Gasteiger partial charge in [0.2, 0.25) is 15.9 Å². The van der Waals surface area contributed by atoms with Crippen LogP contribution in [0.5, 0.6) is 0 Å². The van der Waals surface area contributed by atoms with Crippen LogP contribution in [0.25, 0.3) is 11.5 Å². The number of amides is 1. The lowest BCUT2D eigenvalue weighted by atomic mass is 10.0. The summed E-state index contributed by atoms with van der Waals surface area (Å²) in [6.45, 7) is 5.05. The summed E-state index contributed by atoms with van der Waals surface area (Å²) in [7, 11) is -3.53. The Labute approximate surface area is 186 Å². The minimum Gasteiger partial charge on any atom is -0.469 e. The Morgan fingerprint density at radius 2 is 1.91 bits per heavy atom. The van der Waals surface area contributed by atoms with Gasteiger partial charge in [-0.2, -0.15) is 4.31 Å². The standard InChI is InChI=1S/C22H26N4O5S/c1-15-9-11-26(12-10-15)32(28,29)19-7-5-17(6-8-19)21-24-25-22(31-21)20(27)23-16(2)14-18-4-3-13-30-18/h3-8,13,15-16H,9-12,14H2,1-2H3,(H,23,27). The van der Waals surface area contributed by atoms with Crippen molar-refractivity contribution in [1.82, 2.24) is 19.8 Å². The molecule has 0 saturated carbocycles. The fraction of sp³-hybridized carbons (Fsp3) is 0.409. The number of carbonyl (C=O) groups is 1. The van der Waals surface area contributed by atoms with E-state index in [0.717, 1.165) is 18.6 Å². The summed E-state index contributed by atoms with van der Waals surface area (Å²) in [5.41, 5.74) is 0.534. The zero-order valence-corrected chi connectivity index (χ0v) is 18.8. The second-order valence-electron chi connectivity index (χ2n) is 8.18. The van der Waals surface area contributed by atoms with Crippen molar-refractivity contribution in [2.45, 2.75) is 44.0 Å². The van der Waals surface area contributed by atoms with E-state index in [1.165, 1.54) is 16.4 Å². The SMILES string of the molecule is CC1CCN(S(=O)(=O)c2ccc(-c3nnc(C(=O)NC(C)Cc4ccco4)o3)cc2)CC1. The predicted molar refractivity (Wildman–Crippen MR) is 116 cm³/mol. The number of sulfonamides is 1. The van der Waals surface area contributed by atoms with E-state index in [1.54, 1.807) is 24.5 Å². The van der Waals surface area contributed by atoms with E-state index < -0.39 is 15.9 Å². The van der Waals surface area contributed by atoms with Gasteiger partial charge in [0.15, 0.2) is 0 Å². The second kappa shape index (κ2) is 9.25. The number of furan rings is 1. The molecule has 0 spiro atoms. The van der Waals surface area contributed by atoms with Gasteiger partial charge in [-0.05, 0) is 62.1 Å². The van der Waals surface area contributed by atoms with Gasteiger partial charge in [-0.3, -0.25) is 4.79 Å². The van der Waals surface area contributed by atoms with Crippen LogP contribution in [-0.4, -0.2) is 48.0 Å². The molecule has 3 heterocycles. The van der Waals surface area contributed by atoms with Crippen LogP contribution in [-0.2, 0) is 16.4 Å². The number of hydrogen-bond acceptors (Lipinski definition) is 7. The lowest BCUT2D eigenvalue weighted by Gasteiger charge is -2.29. The molecule has 0 bridgehead atoms. The maximum absolute atomic E-state index is 12.9. The van der Waals surface area contributed by atoms with E-state index in [1.807, 2.05) is 13.0 Å². The van der Waals surface area contributed by atoms with Crippen LogP contribution < -0.4 is 5.32 Å². The number of nitrogens with one attached hydrogen (secondary N) is 1. The van der Waals surface area contributed by atoms with Crippen LogP contribution in [0.2, 0.25) is 0 Å². The Balaban J connectivity index is 1.41. The number of rotatable bonds is 7. The molecule has 32 heavy (non-hydrogen) atoms. The monoisotopic (exact) mass is 458 g/mol. The fourth-order valence-electron chi connectivity index (χ4n) is 3.64. The Bertz CT molecular complexity index is 1150. The zero-order valence-electron chi connectivity index (χ0n) is 18.0. The van der Waals surface area contributed by atoms with Gasteiger partial charge in [0, 0.05) is 31.1 Å². The molecule has 2 aromatic heterocycles. The molecule has 1 aromatic carbocycles. The Morgan fingerprint density at radius 3 is 2.56 bits per heavy atom.